The molecule has 6 heteroatoms. The number of hydrogen-bond donors (Lipinski definition) is 1. The quantitative estimate of drug-likeness (QED) is 0.795. The molecule has 5 nitrogen and oxygen atoms in total. The monoisotopic (exact) mass is 411 g/mol. The minimum atomic E-state index is -0.302. The highest BCUT2D eigenvalue weighted by Gasteiger charge is 2.35. The van der Waals surface area contributed by atoms with Crippen molar-refractivity contribution in [1.29, 1.82) is 0 Å². The second kappa shape index (κ2) is 9.85. The van der Waals surface area contributed by atoms with E-state index in [2.05, 4.69) is 5.32 Å². The molecule has 0 radical (unpaired) electrons. The van der Waals surface area contributed by atoms with Crippen molar-refractivity contribution in [2.75, 3.05) is 40.3 Å². The van der Waals surface area contributed by atoms with Gasteiger partial charge < -0.3 is 15.1 Å². The Morgan fingerprint density at radius 3 is 2.53 bits per heavy atom. The van der Waals surface area contributed by atoms with Crippen LogP contribution in [-0.4, -0.2) is 61.9 Å². The van der Waals surface area contributed by atoms with E-state index < -0.39 is 0 Å². The van der Waals surface area contributed by atoms with Crippen LogP contribution in [0.4, 0.5) is 4.39 Å². The zero-order valence-electron chi connectivity index (χ0n) is 17.9. The molecule has 0 aromatic heterocycles. The van der Waals surface area contributed by atoms with Crippen LogP contribution in [0.15, 0.2) is 48.5 Å². The number of amides is 2. The summed E-state index contributed by atoms with van der Waals surface area (Å²) in [5, 5.41) is 3.00. The molecular weight excluding hydrogens is 381 g/mol. The summed E-state index contributed by atoms with van der Waals surface area (Å²) in [6.07, 6.45) is 0.636. The molecule has 0 aliphatic carbocycles. The molecule has 2 atom stereocenters. The number of rotatable bonds is 6. The molecular formula is C24H30FN3O2. The molecule has 1 saturated heterocycles. The van der Waals surface area contributed by atoms with Crippen LogP contribution in [0.3, 0.4) is 0 Å². The standard InChI is InChI=1S/C24H30FN3O2/c1-17-13-19(9-10-22(17)25)20-14-21(23(29)26-11-12-27(2)3)16-28(15-20)24(30)18-7-5-4-6-8-18/h4-10,13,20-21H,11-12,14-16H2,1-3H3,(H,26,29)/t20-,21+/m0/s1. The van der Waals surface area contributed by atoms with E-state index in [1.807, 2.05) is 43.3 Å². The van der Waals surface area contributed by atoms with E-state index in [0.717, 1.165) is 12.1 Å². The van der Waals surface area contributed by atoms with Crippen LogP contribution in [0.2, 0.25) is 0 Å². The molecule has 2 amide bonds. The number of likely N-dealkylation sites (N-methyl/N-ethyl adjacent to an activating group) is 1. The summed E-state index contributed by atoms with van der Waals surface area (Å²) >= 11 is 0. The fourth-order valence-corrected chi connectivity index (χ4v) is 3.93. The maximum Gasteiger partial charge on any atom is 0.253 e. The largest absolute Gasteiger partial charge is 0.355 e. The summed E-state index contributed by atoms with van der Waals surface area (Å²) in [4.78, 5) is 29.7. The van der Waals surface area contributed by atoms with E-state index >= 15 is 0 Å². The Kier molecular flexibility index (Phi) is 7.21. The third-order valence-electron chi connectivity index (χ3n) is 5.64. The van der Waals surface area contributed by atoms with Crippen molar-refractivity contribution in [2.24, 2.45) is 5.92 Å². The first-order chi connectivity index (χ1) is 14.3. The van der Waals surface area contributed by atoms with E-state index in [-0.39, 0.29) is 29.5 Å². The summed E-state index contributed by atoms with van der Waals surface area (Å²) in [7, 11) is 3.92. The van der Waals surface area contributed by atoms with E-state index in [9.17, 15) is 14.0 Å². The summed E-state index contributed by atoms with van der Waals surface area (Å²) in [5.74, 6) is -0.680. The average molecular weight is 412 g/mol. The van der Waals surface area contributed by atoms with Crippen LogP contribution in [0.1, 0.15) is 33.8 Å². The minimum absolute atomic E-state index is 0.0182. The Morgan fingerprint density at radius 2 is 1.87 bits per heavy atom. The molecule has 1 fully saturated rings. The number of benzene rings is 2. The van der Waals surface area contributed by atoms with Crippen molar-refractivity contribution in [3.8, 4) is 0 Å². The molecule has 0 spiro atoms. The lowest BCUT2D eigenvalue weighted by molar-refractivity contribution is -0.126. The van der Waals surface area contributed by atoms with Crippen LogP contribution < -0.4 is 5.32 Å². The average Bonchev–Trinajstić information content (AvgIpc) is 2.75. The number of nitrogens with one attached hydrogen (secondary N) is 1. The van der Waals surface area contributed by atoms with Crippen molar-refractivity contribution >= 4 is 11.8 Å². The lowest BCUT2D eigenvalue weighted by atomic mass is 9.83. The van der Waals surface area contributed by atoms with Crippen LogP contribution >= 0.6 is 0 Å². The Labute approximate surface area is 177 Å². The number of aryl methyl sites for hydroxylation is 1. The zero-order valence-corrected chi connectivity index (χ0v) is 17.9. The second-order valence-electron chi connectivity index (χ2n) is 8.31. The number of piperidine rings is 1. The lowest BCUT2D eigenvalue weighted by Crippen LogP contribution is -2.48. The van der Waals surface area contributed by atoms with Gasteiger partial charge in [-0.25, -0.2) is 4.39 Å². The van der Waals surface area contributed by atoms with Crippen molar-refractivity contribution in [3.63, 3.8) is 0 Å². The maximum absolute atomic E-state index is 13.8. The molecule has 30 heavy (non-hydrogen) atoms. The number of likely N-dealkylation sites (tertiary alicyclic amines) is 1. The molecule has 160 valence electrons. The van der Waals surface area contributed by atoms with Gasteiger partial charge in [-0.05, 0) is 56.8 Å². The van der Waals surface area contributed by atoms with Gasteiger partial charge in [-0.15, -0.1) is 0 Å². The highest BCUT2D eigenvalue weighted by atomic mass is 19.1. The molecule has 3 rings (SSSR count). The smallest absolute Gasteiger partial charge is 0.253 e. The van der Waals surface area contributed by atoms with Crippen LogP contribution in [-0.2, 0) is 4.79 Å². The molecule has 1 heterocycles. The Hall–Kier alpha value is -2.73. The van der Waals surface area contributed by atoms with Gasteiger partial charge in [0, 0.05) is 37.7 Å². The van der Waals surface area contributed by atoms with Crippen molar-refractivity contribution in [3.05, 3.63) is 71.0 Å². The molecule has 0 bridgehead atoms. The van der Waals surface area contributed by atoms with E-state index in [1.54, 1.807) is 30.0 Å². The van der Waals surface area contributed by atoms with E-state index in [1.165, 1.54) is 6.07 Å². The van der Waals surface area contributed by atoms with Gasteiger partial charge in [-0.3, -0.25) is 9.59 Å². The SMILES string of the molecule is Cc1cc([C@H]2C[C@@H](C(=O)NCCN(C)C)CN(C(=O)c3ccccc3)C2)ccc1F. The van der Waals surface area contributed by atoms with Gasteiger partial charge in [0.05, 0.1) is 5.92 Å². The Morgan fingerprint density at radius 1 is 1.13 bits per heavy atom. The number of halogens is 1. The van der Waals surface area contributed by atoms with Crippen molar-refractivity contribution in [1.82, 2.24) is 15.1 Å². The van der Waals surface area contributed by atoms with E-state index in [0.29, 0.717) is 37.2 Å². The molecule has 0 saturated carbocycles. The van der Waals surface area contributed by atoms with E-state index in [4.69, 9.17) is 0 Å². The highest BCUT2D eigenvalue weighted by Crippen LogP contribution is 2.32. The molecule has 1 N–H and O–H groups in total. The number of nitrogens with zero attached hydrogens (tertiary/aromatic N) is 2. The molecule has 0 unspecified atom stereocenters. The summed E-state index contributed by atoms with van der Waals surface area (Å²) in [5.41, 5.74) is 2.15. The first-order valence-corrected chi connectivity index (χ1v) is 10.4. The highest BCUT2D eigenvalue weighted by molar-refractivity contribution is 5.94. The van der Waals surface area contributed by atoms with Gasteiger partial charge in [0.1, 0.15) is 5.82 Å². The van der Waals surface area contributed by atoms with Gasteiger partial charge in [0.2, 0.25) is 5.91 Å². The normalized spacial score (nSPS) is 19.0. The third kappa shape index (κ3) is 5.45. The fraction of sp³-hybridized carbons (Fsp3) is 0.417. The van der Waals surface area contributed by atoms with Crippen LogP contribution in [0, 0.1) is 18.7 Å². The molecule has 2 aromatic carbocycles. The van der Waals surface area contributed by atoms with Gasteiger partial charge in [0.25, 0.3) is 5.91 Å². The van der Waals surface area contributed by atoms with Gasteiger partial charge in [-0.1, -0.05) is 30.3 Å². The van der Waals surface area contributed by atoms with Crippen LogP contribution in [0.25, 0.3) is 0 Å². The van der Waals surface area contributed by atoms with Crippen LogP contribution in [0.5, 0.6) is 0 Å². The van der Waals surface area contributed by atoms with Crippen molar-refractivity contribution < 1.29 is 14.0 Å². The first kappa shape index (κ1) is 22.0. The summed E-state index contributed by atoms with van der Waals surface area (Å²) < 4.78 is 13.8. The number of carbonyl (C=O) groups excluding carboxylic acids is 2. The van der Waals surface area contributed by atoms with Gasteiger partial charge in [-0.2, -0.15) is 0 Å². The number of carbonyl (C=O) groups is 2. The Balaban J connectivity index is 1.81. The predicted octanol–water partition coefficient (Wildman–Crippen LogP) is 3.06. The Bertz CT molecular complexity index is 885. The summed E-state index contributed by atoms with van der Waals surface area (Å²) in [6, 6.07) is 14.2. The maximum atomic E-state index is 13.8. The molecule has 1 aliphatic heterocycles. The predicted molar refractivity (Wildman–Crippen MR) is 116 cm³/mol. The van der Waals surface area contributed by atoms with Gasteiger partial charge in [0.15, 0.2) is 0 Å². The number of hydrogen-bond acceptors (Lipinski definition) is 3. The fourth-order valence-electron chi connectivity index (χ4n) is 3.93. The molecule has 2 aromatic rings. The zero-order chi connectivity index (χ0) is 21.7. The molecule has 1 aliphatic rings. The lowest BCUT2D eigenvalue weighted by Gasteiger charge is -2.37. The topological polar surface area (TPSA) is 52.7 Å². The second-order valence-corrected chi connectivity index (χ2v) is 8.31. The van der Waals surface area contributed by atoms with Crippen molar-refractivity contribution in [2.45, 2.75) is 19.3 Å². The first-order valence-electron chi connectivity index (χ1n) is 10.4. The summed E-state index contributed by atoms with van der Waals surface area (Å²) in [6.45, 7) is 3.96. The minimum Gasteiger partial charge on any atom is -0.355 e. The van der Waals surface area contributed by atoms with Gasteiger partial charge >= 0.3 is 0 Å². The third-order valence-corrected chi connectivity index (χ3v) is 5.64.